The van der Waals surface area contributed by atoms with Gasteiger partial charge in [0.1, 0.15) is 5.75 Å². The molecule has 4 rings (SSSR count). The Bertz CT molecular complexity index is 1230. The molecule has 1 amide bonds. The van der Waals surface area contributed by atoms with Gasteiger partial charge in [0.25, 0.3) is 15.9 Å². The highest BCUT2D eigenvalue weighted by Gasteiger charge is 2.28. The molecule has 178 valence electrons. The van der Waals surface area contributed by atoms with Crippen LogP contribution in [0.1, 0.15) is 42.1 Å². The van der Waals surface area contributed by atoms with Crippen molar-refractivity contribution in [1.82, 2.24) is 4.90 Å². The van der Waals surface area contributed by atoms with Crippen LogP contribution < -0.4 is 9.04 Å². The minimum Gasteiger partial charge on any atom is -0.497 e. The number of benzene rings is 3. The van der Waals surface area contributed by atoms with Gasteiger partial charge in [-0.2, -0.15) is 0 Å². The number of ether oxygens (including phenoxy) is 1. The molecule has 34 heavy (non-hydrogen) atoms. The number of methoxy groups -OCH3 is 1. The maximum atomic E-state index is 13.9. The van der Waals surface area contributed by atoms with E-state index in [9.17, 15) is 13.2 Å². The molecular formula is C27H30N2O4S. The zero-order valence-corrected chi connectivity index (χ0v) is 20.4. The Kier molecular flexibility index (Phi) is 7.22. The van der Waals surface area contributed by atoms with Crippen LogP contribution in [0.5, 0.6) is 5.75 Å². The lowest BCUT2D eigenvalue weighted by Crippen LogP contribution is -2.42. The fourth-order valence-corrected chi connectivity index (χ4v) is 5.79. The predicted octanol–water partition coefficient (Wildman–Crippen LogP) is 5.11. The van der Waals surface area contributed by atoms with E-state index >= 15 is 0 Å². The second-order valence-electron chi connectivity index (χ2n) is 8.57. The number of anilines is 1. The minimum atomic E-state index is -3.95. The fraction of sp³-hybridized carbons (Fsp3) is 0.296. The van der Waals surface area contributed by atoms with Crippen LogP contribution in [0.3, 0.4) is 0 Å². The van der Waals surface area contributed by atoms with Gasteiger partial charge in [-0.15, -0.1) is 0 Å². The number of nitrogens with zero attached hydrogens (tertiary/aromatic N) is 2. The monoisotopic (exact) mass is 478 g/mol. The van der Waals surface area contributed by atoms with Gasteiger partial charge >= 0.3 is 0 Å². The Morgan fingerprint density at radius 1 is 1.00 bits per heavy atom. The zero-order chi connectivity index (χ0) is 24.1. The standard InChI is InChI=1S/C27H30N2O4S/c1-21-9-6-7-18-28(21)27(30)23-12-8-13-26(19-23)34(31,32)29(20-22-10-4-3-5-11-22)24-14-16-25(33-2)17-15-24/h3-5,8,10-17,19,21H,6-7,9,18,20H2,1-2H3. The lowest BCUT2D eigenvalue weighted by molar-refractivity contribution is 0.0635. The van der Waals surface area contributed by atoms with E-state index < -0.39 is 10.0 Å². The van der Waals surface area contributed by atoms with Crippen LogP contribution >= 0.6 is 0 Å². The molecule has 7 heteroatoms. The number of sulfonamides is 1. The van der Waals surface area contributed by atoms with Crippen molar-refractivity contribution in [3.8, 4) is 5.75 Å². The summed E-state index contributed by atoms with van der Waals surface area (Å²) in [4.78, 5) is 15.1. The highest BCUT2D eigenvalue weighted by molar-refractivity contribution is 7.92. The van der Waals surface area contributed by atoms with Crippen molar-refractivity contribution < 1.29 is 17.9 Å². The molecule has 1 heterocycles. The highest BCUT2D eigenvalue weighted by atomic mass is 32.2. The average molecular weight is 479 g/mol. The molecule has 1 fully saturated rings. The Morgan fingerprint density at radius 2 is 1.74 bits per heavy atom. The molecule has 0 aliphatic carbocycles. The highest BCUT2D eigenvalue weighted by Crippen LogP contribution is 2.29. The maximum Gasteiger partial charge on any atom is 0.264 e. The third-order valence-electron chi connectivity index (χ3n) is 6.26. The summed E-state index contributed by atoms with van der Waals surface area (Å²) in [6.07, 6.45) is 3.04. The molecule has 3 aromatic carbocycles. The van der Waals surface area contributed by atoms with Crippen LogP contribution in [0.15, 0.2) is 83.8 Å². The van der Waals surface area contributed by atoms with Crippen molar-refractivity contribution in [2.24, 2.45) is 0 Å². The van der Waals surface area contributed by atoms with Gasteiger partial charge in [-0.1, -0.05) is 36.4 Å². The average Bonchev–Trinajstić information content (AvgIpc) is 2.88. The van der Waals surface area contributed by atoms with Crippen LogP contribution in [0, 0.1) is 0 Å². The molecule has 0 N–H and O–H groups in total. The molecule has 1 atom stereocenters. The number of piperidine rings is 1. The number of rotatable bonds is 7. The Balaban J connectivity index is 1.71. The molecule has 0 bridgehead atoms. The molecule has 1 aliphatic rings. The third-order valence-corrected chi connectivity index (χ3v) is 8.03. The van der Waals surface area contributed by atoms with Gasteiger partial charge < -0.3 is 9.64 Å². The summed E-state index contributed by atoms with van der Waals surface area (Å²) in [7, 11) is -2.38. The van der Waals surface area contributed by atoms with Crippen LogP contribution in [-0.4, -0.2) is 38.9 Å². The summed E-state index contributed by atoms with van der Waals surface area (Å²) in [5.41, 5.74) is 1.77. The van der Waals surface area contributed by atoms with Crippen molar-refractivity contribution in [3.63, 3.8) is 0 Å². The van der Waals surface area contributed by atoms with Crippen molar-refractivity contribution in [2.75, 3.05) is 18.0 Å². The van der Waals surface area contributed by atoms with E-state index in [4.69, 9.17) is 4.74 Å². The van der Waals surface area contributed by atoms with E-state index in [-0.39, 0.29) is 23.4 Å². The van der Waals surface area contributed by atoms with E-state index in [1.807, 2.05) is 42.2 Å². The predicted molar refractivity (Wildman–Crippen MR) is 134 cm³/mol. The van der Waals surface area contributed by atoms with Crippen LogP contribution in [0.25, 0.3) is 0 Å². The second-order valence-corrected chi connectivity index (χ2v) is 10.4. The van der Waals surface area contributed by atoms with E-state index in [0.29, 0.717) is 23.5 Å². The van der Waals surface area contributed by atoms with Gasteiger partial charge in [-0.05, 0) is 74.2 Å². The first-order valence-electron chi connectivity index (χ1n) is 11.5. The number of carbonyl (C=O) groups excluding carboxylic acids is 1. The smallest absolute Gasteiger partial charge is 0.264 e. The minimum absolute atomic E-state index is 0.0924. The lowest BCUT2D eigenvalue weighted by Gasteiger charge is -2.33. The summed E-state index contributed by atoms with van der Waals surface area (Å²) >= 11 is 0. The van der Waals surface area contributed by atoms with Crippen LogP contribution in [-0.2, 0) is 16.6 Å². The van der Waals surface area contributed by atoms with Gasteiger partial charge in [0, 0.05) is 18.2 Å². The van der Waals surface area contributed by atoms with Gasteiger partial charge in [0.2, 0.25) is 0 Å². The normalized spacial score (nSPS) is 16.2. The topological polar surface area (TPSA) is 66.9 Å². The number of carbonyl (C=O) groups is 1. The largest absolute Gasteiger partial charge is 0.497 e. The van der Waals surface area contributed by atoms with Crippen LogP contribution in [0.4, 0.5) is 5.69 Å². The SMILES string of the molecule is COc1ccc(N(Cc2ccccc2)S(=O)(=O)c2cccc(C(=O)N3CCCCC3C)c2)cc1. The van der Waals surface area contributed by atoms with Crippen molar-refractivity contribution in [1.29, 1.82) is 0 Å². The van der Waals surface area contributed by atoms with Crippen molar-refractivity contribution >= 4 is 21.6 Å². The number of amides is 1. The first-order chi connectivity index (χ1) is 16.4. The summed E-state index contributed by atoms with van der Waals surface area (Å²) in [6, 6.07) is 22.9. The summed E-state index contributed by atoms with van der Waals surface area (Å²) in [5, 5.41) is 0. The quantitative estimate of drug-likeness (QED) is 0.474. The number of hydrogen-bond acceptors (Lipinski definition) is 4. The van der Waals surface area contributed by atoms with Gasteiger partial charge in [0.15, 0.2) is 0 Å². The fourth-order valence-electron chi connectivity index (χ4n) is 4.30. The Hall–Kier alpha value is -3.32. The second kappa shape index (κ2) is 10.3. The molecule has 0 spiro atoms. The molecule has 1 saturated heterocycles. The maximum absolute atomic E-state index is 13.9. The number of likely N-dealkylation sites (tertiary alicyclic amines) is 1. The lowest BCUT2D eigenvalue weighted by atomic mass is 10.0. The number of hydrogen-bond donors (Lipinski definition) is 0. The molecule has 0 saturated carbocycles. The summed E-state index contributed by atoms with van der Waals surface area (Å²) in [6.45, 7) is 2.91. The van der Waals surface area contributed by atoms with Crippen LogP contribution in [0.2, 0.25) is 0 Å². The van der Waals surface area contributed by atoms with Gasteiger partial charge in [-0.3, -0.25) is 9.10 Å². The molecule has 0 aromatic heterocycles. The Labute approximate surface area is 201 Å². The van der Waals surface area contributed by atoms with Crippen molar-refractivity contribution in [3.05, 3.63) is 90.0 Å². The first kappa shape index (κ1) is 23.8. The first-order valence-corrected chi connectivity index (χ1v) is 13.0. The molecular weight excluding hydrogens is 448 g/mol. The van der Waals surface area contributed by atoms with E-state index in [1.54, 1.807) is 49.6 Å². The van der Waals surface area contributed by atoms with E-state index in [0.717, 1.165) is 24.8 Å². The molecule has 3 aromatic rings. The van der Waals surface area contributed by atoms with E-state index in [1.165, 1.54) is 10.4 Å². The van der Waals surface area contributed by atoms with Gasteiger partial charge in [-0.25, -0.2) is 8.42 Å². The van der Waals surface area contributed by atoms with Crippen molar-refractivity contribution in [2.45, 2.75) is 43.7 Å². The molecule has 1 unspecified atom stereocenters. The molecule has 6 nitrogen and oxygen atoms in total. The summed E-state index contributed by atoms with van der Waals surface area (Å²) < 4.78 is 34.4. The van der Waals surface area contributed by atoms with Gasteiger partial charge in [0.05, 0.1) is 24.2 Å². The molecule has 0 radical (unpaired) electrons. The van der Waals surface area contributed by atoms with E-state index in [2.05, 4.69) is 0 Å². The zero-order valence-electron chi connectivity index (χ0n) is 19.6. The Morgan fingerprint density at radius 3 is 2.41 bits per heavy atom. The summed E-state index contributed by atoms with van der Waals surface area (Å²) in [5.74, 6) is 0.521. The molecule has 1 aliphatic heterocycles. The third kappa shape index (κ3) is 5.09.